The van der Waals surface area contributed by atoms with Crippen molar-refractivity contribution in [3.63, 3.8) is 0 Å². The number of nitrogens with zero attached hydrogens (tertiary/aromatic N) is 6. The molecule has 0 aliphatic heterocycles. The summed E-state index contributed by atoms with van der Waals surface area (Å²) in [7, 11) is -2.29. The van der Waals surface area contributed by atoms with Crippen LogP contribution in [0.4, 0.5) is 0 Å². The van der Waals surface area contributed by atoms with Gasteiger partial charge < -0.3 is 0 Å². The molecule has 0 fully saturated rings. The van der Waals surface area contributed by atoms with Crippen molar-refractivity contribution in [1.82, 2.24) is 0 Å². The van der Waals surface area contributed by atoms with Gasteiger partial charge in [0, 0.05) is 0 Å². The van der Waals surface area contributed by atoms with Gasteiger partial charge in [0.25, 0.3) is 0 Å². The number of rotatable bonds is 2. The third kappa shape index (κ3) is 3.42. The highest BCUT2D eigenvalue weighted by Gasteiger charge is 2.15. The van der Waals surface area contributed by atoms with Gasteiger partial charge in [-0.2, -0.15) is 0 Å². The minimum atomic E-state index is -2.29. The molecule has 0 heterocycles. The van der Waals surface area contributed by atoms with E-state index in [0.717, 1.165) is 0 Å². The minimum Gasteiger partial charge on any atom is -0.118 e. The first kappa shape index (κ1) is 7.84. The van der Waals surface area contributed by atoms with Gasteiger partial charge in [0.2, 0.25) is 8.40 Å². The highest BCUT2D eigenvalue weighted by atomic mass is 28.3. The molecular weight excluding hydrogens is 136 g/mol. The Bertz CT molecular complexity index is 163. The summed E-state index contributed by atoms with van der Waals surface area (Å²) in [5, 5.41) is 0. The molecule has 9 heavy (non-hydrogen) atoms. The molecule has 0 spiro atoms. The lowest BCUT2D eigenvalue weighted by Gasteiger charge is -2.01. The van der Waals surface area contributed by atoms with Crippen LogP contribution < -0.4 is 0 Å². The molecule has 0 aliphatic rings. The lowest BCUT2D eigenvalue weighted by molar-refractivity contribution is 1.41. The fourth-order valence-corrected chi connectivity index (χ4v) is 0.717. The summed E-state index contributed by atoms with van der Waals surface area (Å²) in [6, 6.07) is 0. The van der Waals surface area contributed by atoms with Gasteiger partial charge in [-0.25, -0.2) is 0 Å². The zero-order chi connectivity index (χ0) is 7.33. The summed E-state index contributed by atoms with van der Waals surface area (Å²) in [5.74, 6) is 0. The molecular formula is C2H6N6Si. The fraction of sp³-hybridized carbons (Fsp3) is 1.00. The molecule has 0 radical (unpaired) electrons. The van der Waals surface area contributed by atoms with Crippen LogP contribution in [-0.2, 0) is 0 Å². The monoisotopic (exact) mass is 142 g/mol. The topological polar surface area (TPSA) is 97.5 Å². The van der Waals surface area contributed by atoms with Crippen molar-refractivity contribution in [3.05, 3.63) is 20.9 Å². The van der Waals surface area contributed by atoms with Crippen LogP contribution in [0.5, 0.6) is 0 Å². The zero-order valence-corrected chi connectivity index (χ0v) is 6.18. The molecule has 0 saturated carbocycles. The first-order valence-electron chi connectivity index (χ1n) is 2.25. The van der Waals surface area contributed by atoms with Crippen LogP contribution >= 0.6 is 0 Å². The second-order valence-electron chi connectivity index (χ2n) is 1.87. The summed E-state index contributed by atoms with van der Waals surface area (Å²) in [5.41, 5.74) is 15.9. The quantitative estimate of drug-likeness (QED) is 0.244. The van der Waals surface area contributed by atoms with E-state index in [-0.39, 0.29) is 0 Å². The van der Waals surface area contributed by atoms with Crippen molar-refractivity contribution in [2.75, 3.05) is 0 Å². The maximum atomic E-state index is 7.94. The van der Waals surface area contributed by atoms with E-state index in [2.05, 4.69) is 19.4 Å². The van der Waals surface area contributed by atoms with Crippen LogP contribution in [0.1, 0.15) is 0 Å². The minimum absolute atomic E-state index is 1.66. The van der Waals surface area contributed by atoms with E-state index in [0.29, 0.717) is 0 Å². The Morgan fingerprint density at radius 3 is 1.67 bits per heavy atom. The molecule has 0 aromatic heterocycles. The van der Waals surface area contributed by atoms with Gasteiger partial charge in [0.05, 0.1) is 0 Å². The maximum Gasteiger partial charge on any atom is 0.248 e. The molecule has 0 aromatic rings. The summed E-state index contributed by atoms with van der Waals surface area (Å²) >= 11 is 0. The highest BCUT2D eigenvalue weighted by molar-refractivity contribution is 6.73. The van der Waals surface area contributed by atoms with Crippen molar-refractivity contribution in [2.45, 2.75) is 13.1 Å². The normalized spacial score (nSPS) is 9.11. The molecule has 0 rings (SSSR count). The second kappa shape index (κ2) is 2.98. The van der Waals surface area contributed by atoms with Crippen molar-refractivity contribution in [2.24, 2.45) is 9.56 Å². The predicted octanol–water partition coefficient (Wildman–Crippen LogP) is 2.31. The van der Waals surface area contributed by atoms with Crippen LogP contribution in [0.15, 0.2) is 9.56 Å². The molecule has 0 unspecified atom stereocenters. The first-order valence-corrected chi connectivity index (χ1v) is 5.14. The van der Waals surface area contributed by atoms with Gasteiger partial charge in [-0.05, 0) is 20.9 Å². The van der Waals surface area contributed by atoms with Crippen LogP contribution in [0, 0.1) is 0 Å². The molecule has 0 saturated heterocycles. The Morgan fingerprint density at radius 2 is 1.44 bits per heavy atom. The Labute approximate surface area is 52.9 Å². The first-order chi connectivity index (χ1) is 4.12. The van der Waals surface area contributed by atoms with E-state index >= 15 is 0 Å². The average molecular weight is 142 g/mol. The summed E-state index contributed by atoms with van der Waals surface area (Å²) in [6.07, 6.45) is 0. The Hall–Kier alpha value is -1.16. The largest absolute Gasteiger partial charge is 0.248 e. The number of hydrogen-bond acceptors (Lipinski definition) is 2. The van der Waals surface area contributed by atoms with E-state index in [1.165, 1.54) is 0 Å². The summed E-state index contributed by atoms with van der Waals surface area (Å²) in [4.78, 5) is 5.10. The van der Waals surface area contributed by atoms with Crippen LogP contribution in [0.2, 0.25) is 13.1 Å². The van der Waals surface area contributed by atoms with Gasteiger partial charge in [0.15, 0.2) is 0 Å². The second-order valence-corrected chi connectivity index (χ2v) is 5.26. The van der Waals surface area contributed by atoms with E-state index in [4.69, 9.17) is 11.1 Å². The van der Waals surface area contributed by atoms with Gasteiger partial charge in [-0.1, -0.05) is 13.1 Å². The smallest absolute Gasteiger partial charge is 0.118 e. The molecule has 0 amide bonds. The molecule has 48 valence electrons. The molecule has 0 aromatic carbocycles. The van der Waals surface area contributed by atoms with E-state index < -0.39 is 8.40 Å². The van der Waals surface area contributed by atoms with Crippen LogP contribution in [-0.4, -0.2) is 8.40 Å². The Kier molecular flexibility index (Phi) is 2.60. The molecule has 0 aliphatic carbocycles. The zero-order valence-electron chi connectivity index (χ0n) is 5.18. The average Bonchev–Trinajstić information content (AvgIpc) is 1.64. The Morgan fingerprint density at radius 1 is 1.11 bits per heavy atom. The van der Waals surface area contributed by atoms with Gasteiger partial charge in [-0.3, -0.25) is 0 Å². The van der Waals surface area contributed by atoms with Crippen molar-refractivity contribution in [3.8, 4) is 0 Å². The standard InChI is InChI=1S/C2H6N6Si/c1-9(2,7-5-3)8-6-4/h1-2H3. The van der Waals surface area contributed by atoms with Gasteiger partial charge >= 0.3 is 0 Å². The number of azide groups is 1. The molecule has 0 atom stereocenters. The van der Waals surface area contributed by atoms with Crippen LogP contribution in [0.3, 0.4) is 0 Å². The molecule has 0 N–H and O–H groups in total. The third-order valence-electron chi connectivity index (χ3n) is 0.579. The third-order valence-corrected chi connectivity index (χ3v) is 1.74. The number of hydrogen-bond donors (Lipinski definition) is 0. The fourth-order valence-electron chi connectivity index (χ4n) is 0.239. The van der Waals surface area contributed by atoms with E-state index in [9.17, 15) is 0 Å². The van der Waals surface area contributed by atoms with E-state index in [1.54, 1.807) is 13.1 Å². The predicted molar refractivity (Wildman–Crippen MR) is 35.8 cm³/mol. The van der Waals surface area contributed by atoms with Gasteiger partial charge in [0.1, 0.15) is 0 Å². The SMILES string of the molecule is C[Si](C)(N=[N+]=[N-])N=[N+]=[N-]. The highest BCUT2D eigenvalue weighted by Crippen LogP contribution is 2.04. The Balaban J connectivity index is 4.36. The van der Waals surface area contributed by atoms with Crippen LogP contribution in [0.25, 0.3) is 20.9 Å². The lowest BCUT2D eigenvalue weighted by atomic mass is 11.9. The lowest BCUT2D eigenvalue weighted by Crippen LogP contribution is -2.16. The summed E-state index contributed by atoms with van der Waals surface area (Å²) < 4.78 is 6.69. The molecule has 0 bridgehead atoms. The van der Waals surface area contributed by atoms with Crippen molar-refractivity contribution < 1.29 is 0 Å². The van der Waals surface area contributed by atoms with Crippen molar-refractivity contribution in [1.29, 1.82) is 0 Å². The summed E-state index contributed by atoms with van der Waals surface area (Å²) in [6.45, 7) is 3.32. The molecule has 6 nitrogen and oxygen atoms in total. The maximum absolute atomic E-state index is 7.94. The van der Waals surface area contributed by atoms with Gasteiger partial charge in [-0.15, -0.1) is 9.56 Å². The van der Waals surface area contributed by atoms with Crippen molar-refractivity contribution >= 4 is 8.40 Å². The molecule has 7 heteroatoms. The van der Waals surface area contributed by atoms with E-state index in [1.807, 2.05) is 0 Å².